The highest BCUT2D eigenvalue weighted by molar-refractivity contribution is 5.66. The fourth-order valence-electron chi connectivity index (χ4n) is 8.52. The molecule has 0 aromatic rings. The van der Waals surface area contributed by atoms with Crippen LogP contribution < -0.4 is 0 Å². The third kappa shape index (κ3) is 2.63. The molecule has 0 bridgehead atoms. The lowest BCUT2D eigenvalue weighted by atomic mass is 9.47. The Morgan fingerprint density at radius 2 is 1.90 bits per heavy atom. The molecule has 0 unspecified atom stereocenters. The Hall–Kier alpha value is -1.36. The second-order valence-corrected chi connectivity index (χ2v) is 11.1. The summed E-state index contributed by atoms with van der Waals surface area (Å²) >= 11 is 0. The average molecular weight is 417 g/mol. The van der Waals surface area contributed by atoms with Gasteiger partial charge < -0.3 is 14.2 Å². The molecule has 5 heteroatoms. The maximum Gasteiger partial charge on any atom is 0.302 e. The van der Waals surface area contributed by atoms with Crippen LogP contribution in [0.3, 0.4) is 0 Å². The van der Waals surface area contributed by atoms with Crippen LogP contribution in [-0.2, 0) is 23.8 Å². The van der Waals surface area contributed by atoms with Crippen LogP contribution in [0.4, 0.5) is 0 Å². The summed E-state index contributed by atoms with van der Waals surface area (Å²) in [7, 11) is 0. The van der Waals surface area contributed by atoms with E-state index in [4.69, 9.17) is 14.2 Å². The van der Waals surface area contributed by atoms with Crippen molar-refractivity contribution in [1.29, 1.82) is 0 Å². The summed E-state index contributed by atoms with van der Waals surface area (Å²) in [6.45, 7) is 9.90. The first-order valence-electron chi connectivity index (χ1n) is 11.8. The normalized spacial score (nSPS) is 49.5. The molecule has 3 saturated carbocycles. The molecule has 30 heavy (non-hydrogen) atoms. The molecular weight excluding hydrogens is 380 g/mol. The predicted molar refractivity (Wildman–Crippen MR) is 111 cm³/mol. The van der Waals surface area contributed by atoms with Crippen molar-refractivity contribution in [1.82, 2.24) is 0 Å². The Morgan fingerprint density at radius 3 is 2.60 bits per heavy atom. The first kappa shape index (κ1) is 20.5. The number of carbonyl (C=O) groups excluding carboxylic acids is 2. The zero-order valence-electron chi connectivity index (χ0n) is 19.0. The average Bonchev–Trinajstić information content (AvgIpc) is 3.33. The molecule has 5 aliphatic rings. The number of carbonyl (C=O) groups is 2. The van der Waals surface area contributed by atoms with Crippen molar-refractivity contribution in [2.75, 3.05) is 0 Å². The van der Waals surface area contributed by atoms with Gasteiger partial charge in [0, 0.05) is 25.7 Å². The summed E-state index contributed by atoms with van der Waals surface area (Å²) in [6, 6.07) is 0. The summed E-state index contributed by atoms with van der Waals surface area (Å²) in [4.78, 5) is 23.1. The maximum absolute atomic E-state index is 11.6. The first-order valence-corrected chi connectivity index (χ1v) is 11.8. The van der Waals surface area contributed by atoms with Gasteiger partial charge in [-0.1, -0.05) is 25.5 Å². The van der Waals surface area contributed by atoms with Crippen LogP contribution in [0, 0.1) is 28.6 Å². The van der Waals surface area contributed by atoms with Crippen molar-refractivity contribution in [3.8, 4) is 0 Å². The number of hydrogen-bond donors (Lipinski definition) is 0. The molecule has 5 rings (SSSR count). The molecule has 0 N–H and O–H groups in total. The second-order valence-electron chi connectivity index (χ2n) is 11.1. The van der Waals surface area contributed by atoms with Crippen molar-refractivity contribution in [3.05, 3.63) is 11.6 Å². The molecule has 0 amide bonds. The monoisotopic (exact) mass is 416 g/mol. The van der Waals surface area contributed by atoms with Gasteiger partial charge in [0.15, 0.2) is 0 Å². The Bertz CT molecular complexity index is 803. The van der Waals surface area contributed by atoms with Gasteiger partial charge in [-0.2, -0.15) is 0 Å². The summed E-state index contributed by atoms with van der Waals surface area (Å²) in [5.41, 5.74) is 1.53. The highest BCUT2D eigenvalue weighted by Gasteiger charge is 2.79. The van der Waals surface area contributed by atoms with Crippen molar-refractivity contribution >= 4 is 11.9 Å². The van der Waals surface area contributed by atoms with E-state index >= 15 is 0 Å². The predicted octanol–water partition coefficient (Wildman–Crippen LogP) is 4.58. The SMILES string of the molecule is CC(=O)O[C@@H]1CC[C@]2(C)C(=CC[C@H]3[C@H]4C[C@@H]5O[C@]5([C@@H](C)OC(C)=O)[C@]4(C)CC[C@@H]32)C1. The Balaban J connectivity index is 1.40. The molecule has 9 atom stereocenters. The summed E-state index contributed by atoms with van der Waals surface area (Å²) in [6.07, 6.45) is 10.1. The zero-order valence-corrected chi connectivity index (χ0v) is 19.0. The number of esters is 2. The van der Waals surface area contributed by atoms with Crippen LogP contribution in [0.5, 0.6) is 0 Å². The van der Waals surface area contributed by atoms with Gasteiger partial charge in [-0.25, -0.2) is 0 Å². The van der Waals surface area contributed by atoms with Crippen LogP contribution in [-0.4, -0.2) is 35.9 Å². The van der Waals surface area contributed by atoms with Crippen LogP contribution in [0.25, 0.3) is 0 Å². The smallest absolute Gasteiger partial charge is 0.302 e. The van der Waals surface area contributed by atoms with Crippen LogP contribution in [0.1, 0.15) is 79.6 Å². The standard InChI is InChI=1S/C25H36O5/c1-14(28-15(2)26)25-22(30-25)13-21-19-7-6-17-12-18(29-16(3)27)8-10-23(17,4)20(19)9-11-24(21,25)5/h6,14,18-22H,7-13H2,1-5H3/t14-,18-,19-,20+,21-,22+,23-,24-,25+/m1/s1. The molecule has 0 spiro atoms. The molecule has 4 aliphatic carbocycles. The van der Waals surface area contributed by atoms with Gasteiger partial charge in [0.25, 0.3) is 0 Å². The molecule has 1 aliphatic heterocycles. The minimum Gasteiger partial charge on any atom is -0.462 e. The van der Waals surface area contributed by atoms with E-state index in [9.17, 15) is 9.59 Å². The molecule has 5 nitrogen and oxygen atoms in total. The lowest BCUT2D eigenvalue weighted by Crippen LogP contribution is -2.55. The van der Waals surface area contributed by atoms with Gasteiger partial charge in [-0.05, 0) is 68.6 Å². The number of allylic oxidation sites excluding steroid dienone is 1. The van der Waals surface area contributed by atoms with E-state index in [0.29, 0.717) is 17.8 Å². The van der Waals surface area contributed by atoms with E-state index in [0.717, 1.165) is 38.5 Å². The van der Waals surface area contributed by atoms with E-state index in [1.807, 2.05) is 6.92 Å². The van der Waals surface area contributed by atoms with Crippen molar-refractivity contribution in [2.24, 2.45) is 28.6 Å². The van der Waals surface area contributed by atoms with E-state index in [2.05, 4.69) is 19.9 Å². The molecule has 1 saturated heterocycles. The molecule has 1 heterocycles. The highest BCUT2D eigenvalue weighted by Crippen LogP contribution is 2.74. The Kier molecular flexibility index (Phi) is 4.50. The van der Waals surface area contributed by atoms with Crippen LogP contribution in [0.15, 0.2) is 11.6 Å². The number of rotatable bonds is 3. The number of ether oxygens (including phenoxy) is 3. The summed E-state index contributed by atoms with van der Waals surface area (Å²) < 4.78 is 17.5. The maximum atomic E-state index is 11.6. The molecule has 0 aromatic carbocycles. The first-order chi connectivity index (χ1) is 14.1. The molecule has 0 aromatic heterocycles. The van der Waals surface area contributed by atoms with Gasteiger partial charge in [0.2, 0.25) is 0 Å². The number of fused-ring (bicyclic) bond motifs is 7. The quantitative estimate of drug-likeness (QED) is 0.383. The summed E-state index contributed by atoms with van der Waals surface area (Å²) in [5.74, 6) is 1.60. The number of hydrogen-bond acceptors (Lipinski definition) is 5. The third-order valence-electron chi connectivity index (χ3n) is 9.85. The molecule has 166 valence electrons. The van der Waals surface area contributed by atoms with Crippen LogP contribution in [0.2, 0.25) is 0 Å². The van der Waals surface area contributed by atoms with E-state index < -0.39 is 0 Å². The van der Waals surface area contributed by atoms with Crippen molar-refractivity contribution in [3.63, 3.8) is 0 Å². The van der Waals surface area contributed by atoms with E-state index in [1.54, 1.807) is 0 Å². The fraction of sp³-hybridized carbons (Fsp3) is 0.840. The Morgan fingerprint density at radius 1 is 1.13 bits per heavy atom. The molecule has 4 fully saturated rings. The second kappa shape index (κ2) is 6.57. The van der Waals surface area contributed by atoms with Crippen molar-refractivity contribution < 1.29 is 23.8 Å². The minimum atomic E-state index is -0.286. The zero-order chi connectivity index (χ0) is 21.5. The van der Waals surface area contributed by atoms with E-state index in [-0.39, 0.29) is 46.7 Å². The largest absolute Gasteiger partial charge is 0.462 e. The topological polar surface area (TPSA) is 65.1 Å². The van der Waals surface area contributed by atoms with Gasteiger partial charge >= 0.3 is 11.9 Å². The Labute approximate surface area is 179 Å². The van der Waals surface area contributed by atoms with Crippen molar-refractivity contribution in [2.45, 2.75) is 103 Å². The molecular formula is C25H36O5. The lowest BCUT2D eigenvalue weighted by molar-refractivity contribution is -0.159. The fourth-order valence-corrected chi connectivity index (χ4v) is 8.52. The van der Waals surface area contributed by atoms with Crippen LogP contribution >= 0.6 is 0 Å². The van der Waals surface area contributed by atoms with E-state index in [1.165, 1.54) is 25.8 Å². The minimum absolute atomic E-state index is 0.0487. The third-order valence-corrected chi connectivity index (χ3v) is 9.85. The lowest BCUT2D eigenvalue weighted by Gasteiger charge is -2.58. The molecule has 0 radical (unpaired) electrons. The highest BCUT2D eigenvalue weighted by atomic mass is 16.7. The van der Waals surface area contributed by atoms with Gasteiger partial charge in [0.1, 0.15) is 17.8 Å². The summed E-state index contributed by atoms with van der Waals surface area (Å²) in [5, 5.41) is 0. The van der Waals surface area contributed by atoms with Gasteiger partial charge in [0.05, 0.1) is 6.10 Å². The van der Waals surface area contributed by atoms with Gasteiger partial charge in [-0.3, -0.25) is 9.59 Å². The number of epoxide rings is 1. The van der Waals surface area contributed by atoms with Gasteiger partial charge in [-0.15, -0.1) is 0 Å².